The predicted molar refractivity (Wildman–Crippen MR) is 72.9 cm³/mol. The van der Waals surface area contributed by atoms with Crippen molar-refractivity contribution in [1.29, 1.82) is 0 Å². The number of hydrogen-bond acceptors (Lipinski definition) is 1. The second kappa shape index (κ2) is 7.73. The van der Waals surface area contributed by atoms with Crippen LogP contribution in [-0.4, -0.2) is 23.9 Å². The third kappa shape index (κ3) is 4.33. The van der Waals surface area contributed by atoms with E-state index in [2.05, 4.69) is 11.8 Å². The van der Waals surface area contributed by atoms with Crippen LogP contribution in [0.3, 0.4) is 0 Å². The van der Waals surface area contributed by atoms with Gasteiger partial charge in [0.15, 0.2) is 0 Å². The highest BCUT2D eigenvalue weighted by molar-refractivity contribution is 5.79. The molecule has 1 saturated carbocycles. The predicted octanol–water partition coefficient (Wildman–Crippen LogP) is 3.85. The van der Waals surface area contributed by atoms with Crippen molar-refractivity contribution < 1.29 is 4.79 Å². The molecule has 1 saturated heterocycles. The Balaban J connectivity index is 0.000000686. The molecule has 17 heavy (non-hydrogen) atoms. The summed E-state index contributed by atoms with van der Waals surface area (Å²) in [6.45, 7) is 8.34. The van der Waals surface area contributed by atoms with Crippen LogP contribution in [0.5, 0.6) is 0 Å². The molecule has 2 nitrogen and oxygen atoms in total. The number of carbonyl (C=O) groups is 1. The molecule has 2 heteroatoms. The second-order valence-electron chi connectivity index (χ2n) is 5.34. The number of likely N-dealkylation sites (tertiary alicyclic amines) is 1. The molecule has 0 N–H and O–H groups in total. The van der Waals surface area contributed by atoms with Crippen LogP contribution in [-0.2, 0) is 4.79 Å². The van der Waals surface area contributed by atoms with E-state index in [1.165, 1.54) is 32.1 Å². The summed E-state index contributed by atoms with van der Waals surface area (Å²) in [5.41, 5.74) is 0. The van der Waals surface area contributed by atoms with E-state index in [9.17, 15) is 4.79 Å². The lowest BCUT2D eigenvalue weighted by Crippen LogP contribution is -2.40. The Morgan fingerprint density at radius 3 is 2.00 bits per heavy atom. The fraction of sp³-hybridized carbons (Fsp3) is 0.933. The van der Waals surface area contributed by atoms with Gasteiger partial charge in [0.05, 0.1) is 0 Å². The molecule has 2 fully saturated rings. The minimum atomic E-state index is 0.360. The molecular formula is C15H29NO. The van der Waals surface area contributed by atoms with E-state index >= 15 is 0 Å². The molecule has 0 bridgehead atoms. The minimum absolute atomic E-state index is 0.360. The number of carbonyl (C=O) groups excluding carboxylic acids is 1. The quantitative estimate of drug-likeness (QED) is 0.680. The van der Waals surface area contributed by atoms with Gasteiger partial charge in [-0.3, -0.25) is 4.79 Å². The summed E-state index contributed by atoms with van der Waals surface area (Å²) in [6, 6.07) is 0. The molecule has 0 aromatic carbocycles. The first kappa shape index (κ1) is 14.5. The van der Waals surface area contributed by atoms with Crippen LogP contribution in [0.15, 0.2) is 0 Å². The average molecular weight is 239 g/mol. The highest BCUT2D eigenvalue weighted by atomic mass is 16.2. The van der Waals surface area contributed by atoms with E-state index in [0.717, 1.165) is 31.8 Å². The maximum atomic E-state index is 12.2. The first-order valence-corrected chi connectivity index (χ1v) is 7.56. The third-order valence-electron chi connectivity index (χ3n) is 4.03. The van der Waals surface area contributed by atoms with Crippen molar-refractivity contribution >= 4 is 5.91 Å². The van der Waals surface area contributed by atoms with Crippen LogP contribution in [0.1, 0.15) is 65.7 Å². The van der Waals surface area contributed by atoms with Gasteiger partial charge in [0, 0.05) is 19.0 Å². The van der Waals surface area contributed by atoms with Gasteiger partial charge in [-0.05, 0) is 50.9 Å². The normalized spacial score (nSPS) is 29.2. The zero-order valence-corrected chi connectivity index (χ0v) is 11.9. The Kier molecular flexibility index (Phi) is 6.61. The summed E-state index contributed by atoms with van der Waals surface area (Å²) >= 11 is 0. The molecule has 0 unspecified atom stereocenters. The largest absolute Gasteiger partial charge is 0.342 e. The van der Waals surface area contributed by atoms with Gasteiger partial charge >= 0.3 is 0 Å². The standard InChI is InChI=1S/C13H23NO.C2H6/c1-11-5-7-12(8-6-11)13(15)14-9-3-2-4-10-14;1-2/h11-12H,2-10H2,1H3;1-2H3. The molecule has 0 aromatic rings. The highest BCUT2D eigenvalue weighted by Gasteiger charge is 2.28. The maximum Gasteiger partial charge on any atom is 0.225 e. The fourth-order valence-corrected chi connectivity index (χ4v) is 2.88. The highest BCUT2D eigenvalue weighted by Crippen LogP contribution is 2.30. The molecule has 0 radical (unpaired) electrons. The second-order valence-corrected chi connectivity index (χ2v) is 5.34. The molecular weight excluding hydrogens is 210 g/mol. The van der Waals surface area contributed by atoms with Crippen LogP contribution in [0.25, 0.3) is 0 Å². The Morgan fingerprint density at radius 2 is 1.47 bits per heavy atom. The van der Waals surface area contributed by atoms with Crippen LogP contribution in [0, 0.1) is 11.8 Å². The van der Waals surface area contributed by atoms with Crippen molar-refractivity contribution in [1.82, 2.24) is 4.90 Å². The molecule has 2 rings (SSSR count). The van der Waals surface area contributed by atoms with Crippen molar-refractivity contribution in [3.8, 4) is 0 Å². The lowest BCUT2D eigenvalue weighted by Gasteiger charge is -2.33. The van der Waals surface area contributed by atoms with Gasteiger partial charge in [0.25, 0.3) is 0 Å². The van der Waals surface area contributed by atoms with E-state index in [4.69, 9.17) is 0 Å². The molecule has 100 valence electrons. The van der Waals surface area contributed by atoms with Crippen molar-refractivity contribution in [3.05, 3.63) is 0 Å². The average Bonchev–Trinajstić information content (AvgIpc) is 2.42. The third-order valence-corrected chi connectivity index (χ3v) is 4.03. The number of amides is 1. The van der Waals surface area contributed by atoms with Gasteiger partial charge in [0.1, 0.15) is 0 Å². The van der Waals surface area contributed by atoms with Crippen LogP contribution in [0.4, 0.5) is 0 Å². The van der Waals surface area contributed by atoms with Crippen molar-refractivity contribution in [2.24, 2.45) is 11.8 Å². The lowest BCUT2D eigenvalue weighted by atomic mass is 9.82. The Morgan fingerprint density at radius 1 is 0.941 bits per heavy atom. The van der Waals surface area contributed by atoms with Crippen molar-refractivity contribution in [2.45, 2.75) is 65.7 Å². The minimum Gasteiger partial charge on any atom is -0.342 e. The molecule has 0 spiro atoms. The molecule has 1 aliphatic heterocycles. The van der Waals surface area contributed by atoms with E-state index in [0.29, 0.717) is 11.8 Å². The van der Waals surface area contributed by atoms with Crippen LogP contribution >= 0.6 is 0 Å². The van der Waals surface area contributed by atoms with Gasteiger partial charge in [-0.2, -0.15) is 0 Å². The number of hydrogen-bond donors (Lipinski definition) is 0. The Bertz CT molecular complexity index is 213. The molecule has 1 amide bonds. The van der Waals surface area contributed by atoms with Gasteiger partial charge in [-0.25, -0.2) is 0 Å². The smallest absolute Gasteiger partial charge is 0.225 e. The molecule has 1 heterocycles. The Hall–Kier alpha value is -0.530. The maximum absolute atomic E-state index is 12.2. The number of piperidine rings is 1. The van der Waals surface area contributed by atoms with Crippen LogP contribution < -0.4 is 0 Å². The Labute approximate surface area is 107 Å². The number of rotatable bonds is 1. The summed E-state index contributed by atoms with van der Waals surface area (Å²) < 4.78 is 0. The summed E-state index contributed by atoms with van der Waals surface area (Å²) in [7, 11) is 0. The monoisotopic (exact) mass is 239 g/mol. The summed E-state index contributed by atoms with van der Waals surface area (Å²) in [5.74, 6) is 1.66. The topological polar surface area (TPSA) is 20.3 Å². The molecule has 2 aliphatic rings. The SMILES string of the molecule is CC.CC1CCC(C(=O)N2CCCCC2)CC1. The van der Waals surface area contributed by atoms with Gasteiger partial charge in [0.2, 0.25) is 5.91 Å². The van der Waals surface area contributed by atoms with Gasteiger partial charge in [-0.15, -0.1) is 0 Å². The fourth-order valence-electron chi connectivity index (χ4n) is 2.88. The zero-order valence-electron chi connectivity index (χ0n) is 11.9. The first-order valence-electron chi connectivity index (χ1n) is 7.56. The van der Waals surface area contributed by atoms with Gasteiger partial charge in [-0.1, -0.05) is 20.8 Å². The van der Waals surface area contributed by atoms with Crippen molar-refractivity contribution in [2.75, 3.05) is 13.1 Å². The van der Waals surface area contributed by atoms with Crippen molar-refractivity contribution in [3.63, 3.8) is 0 Å². The summed E-state index contributed by atoms with van der Waals surface area (Å²) in [6.07, 6.45) is 8.52. The molecule has 1 aliphatic carbocycles. The van der Waals surface area contributed by atoms with Gasteiger partial charge < -0.3 is 4.90 Å². The lowest BCUT2D eigenvalue weighted by molar-refractivity contribution is -0.137. The number of nitrogens with zero attached hydrogens (tertiary/aromatic N) is 1. The van der Waals surface area contributed by atoms with E-state index in [1.54, 1.807) is 0 Å². The zero-order chi connectivity index (χ0) is 12.7. The molecule has 0 atom stereocenters. The van der Waals surface area contributed by atoms with E-state index < -0.39 is 0 Å². The van der Waals surface area contributed by atoms with Crippen LogP contribution in [0.2, 0.25) is 0 Å². The summed E-state index contributed by atoms with van der Waals surface area (Å²) in [5, 5.41) is 0. The summed E-state index contributed by atoms with van der Waals surface area (Å²) in [4.78, 5) is 14.3. The first-order chi connectivity index (χ1) is 8.27. The van der Waals surface area contributed by atoms with E-state index in [-0.39, 0.29) is 0 Å². The molecule has 0 aromatic heterocycles. The van der Waals surface area contributed by atoms with E-state index in [1.807, 2.05) is 13.8 Å².